The number of unbranched alkanes of at least 4 members (excludes halogenated alkanes) is 13. The van der Waals surface area contributed by atoms with Gasteiger partial charge < -0.3 is 9.59 Å². The highest BCUT2D eigenvalue weighted by atomic mass is 35.7. The van der Waals surface area contributed by atoms with Crippen LogP contribution < -0.4 is 18.6 Å². The van der Waals surface area contributed by atoms with Gasteiger partial charge in [-0.05, 0) is 12.8 Å². The molecular weight excluding hydrogens is 370 g/mol. The largest absolute Gasteiger partial charge is 0.391 e. The fraction of sp³-hybridized carbons (Fsp3) is 1.00. The molecule has 0 aliphatic carbocycles. The Morgan fingerprint density at radius 2 is 0.889 bits per heavy atom. The molecule has 0 saturated carbocycles. The number of aliphatic hydroxyl groups is 1. The molecule has 0 aliphatic heterocycles. The van der Waals surface area contributed by atoms with Gasteiger partial charge in [0.25, 0.3) is 0 Å². The van der Waals surface area contributed by atoms with Crippen LogP contribution in [0.15, 0.2) is 0 Å². The van der Waals surface area contributed by atoms with Gasteiger partial charge in [-0.3, -0.25) is 0 Å². The quantitative estimate of drug-likeness (QED) is 0.279. The first-order chi connectivity index (χ1) is 12.6. The number of hydrogen-bond acceptors (Lipinski definition) is 5. The number of halogens is 1. The second-order valence-corrected chi connectivity index (χ2v) is 8.84. The van der Waals surface area contributed by atoms with E-state index in [4.69, 9.17) is 23.7 Å². The summed E-state index contributed by atoms with van der Waals surface area (Å²) in [5, 5.41) is 9.00. The molecule has 0 bridgehead atoms. The van der Waals surface area contributed by atoms with Crippen LogP contribution in [0.25, 0.3) is 0 Å². The fourth-order valence-electron chi connectivity index (χ4n) is 3.12. The molecule has 1 N–H and O–H groups in total. The molecule has 7 heteroatoms. The third-order valence-corrected chi connectivity index (χ3v) is 4.82. The highest BCUT2D eigenvalue weighted by Crippen LogP contribution is 2.13. The second kappa shape index (κ2) is 19.4. The molecule has 0 aliphatic rings. The topological polar surface area (TPSA) is 112 Å². The molecule has 0 radical (unpaired) electrons. The van der Waals surface area contributed by atoms with Crippen LogP contribution in [0.3, 0.4) is 0 Å². The molecule has 0 fully saturated rings. The third kappa shape index (κ3) is 34.0. The molecule has 0 atom stereocenters. The van der Waals surface area contributed by atoms with Crippen molar-refractivity contribution >= 4 is 0 Å². The van der Waals surface area contributed by atoms with Crippen molar-refractivity contribution in [1.29, 1.82) is 0 Å². The number of hydrogen-bond donors (Lipinski definition) is 1. The molecule has 27 heavy (non-hydrogen) atoms. The minimum atomic E-state index is -4.94. The lowest BCUT2D eigenvalue weighted by Crippen LogP contribution is -2.68. The van der Waals surface area contributed by atoms with E-state index in [0.717, 1.165) is 11.0 Å². The molecular formula is C20H44ClNO5. The van der Waals surface area contributed by atoms with Gasteiger partial charge in [0.1, 0.15) is 6.54 Å². The molecule has 0 aromatic heterocycles. The number of quaternary nitrogens is 1. The van der Waals surface area contributed by atoms with Crippen molar-refractivity contribution in [3.63, 3.8) is 0 Å². The van der Waals surface area contributed by atoms with E-state index in [2.05, 4.69) is 21.0 Å². The first-order valence-corrected chi connectivity index (χ1v) is 11.9. The zero-order chi connectivity index (χ0) is 21.0. The first kappa shape index (κ1) is 29.3. The van der Waals surface area contributed by atoms with Crippen LogP contribution in [-0.2, 0) is 0 Å². The van der Waals surface area contributed by atoms with Gasteiger partial charge in [-0.2, -0.15) is 0 Å². The van der Waals surface area contributed by atoms with Crippen molar-refractivity contribution in [2.75, 3.05) is 33.8 Å². The van der Waals surface area contributed by atoms with Crippen molar-refractivity contribution in [2.45, 2.75) is 96.8 Å². The third-order valence-electron chi connectivity index (χ3n) is 4.82. The van der Waals surface area contributed by atoms with E-state index >= 15 is 0 Å². The number of rotatable bonds is 17. The minimum absolute atomic E-state index is 0.311. The maximum Gasteiger partial charge on any atom is 0.102 e. The lowest BCUT2D eigenvalue weighted by molar-refractivity contribution is -2.00. The molecule has 0 aromatic rings. The lowest BCUT2D eigenvalue weighted by Gasteiger charge is -2.28. The van der Waals surface area contributed by atoms with Gasteiger partial charge in [0, 0.05) is 0 Å². The molecule has 6 nitrogen and oxygen atoms in total. The Morgan fingerprint density at radius 1 is 0.593 bits per heavy atom. The van der Waals surface area contributed by atoms with Crippen LogP contribution >= 0.6 is 0 Å². The molecule has 0 rings (SSSR count). The Bertz CT molecular complexity index is 293. The Balaban J connectivity index is 0. The summed E-state index contributed by atoms with van der Waals surface area (Å²) in [6, 6.07) is 0. The molecule has 0 unspecified atom stereocenters. The fourth-order valence-corrected chi connectivity index (χ4v) is 3.12. The van der Waals surface area contributed by atoms with Gasteiger partial charge in [0.15, 0.2) is 0 Å². The van der Waals surface area contributed by atoms with Crippen LogP contribution in [0.4, 0.5) is 0 Å². The number of aliphatic hydroxyl groups excluding tert-OH is 1. The van der Waals surface area contributed by atoms with E-state index < -0.39 is 10.2 Å². The van der Waals surface area contributed by atoms with E-state index in [0.29, 0.717) is 6.61 Å². The van der Waals surface area contributed by atoms with Gasteiger partial charge in [0.2, 0.25) is 0 Å². The zero-order valence-corrected chi connectivity index (χ0v) is 18.7. The zero-order valence-electron chi connectivity index (χ0n) is 17.9. The maximum absolute atomic E-state index is 9.00. The second-order valence-electron chi connectivity index (χ2n) is 8.08. The molecule has 0 heterocycles. The van der Waals surface area contributed by atoms with Crippen molar-refractivity contribution in [1.82, 2.24) is 0 Å². The molecule has 0 amide bonds. The summed E-state index contributed by atoms with van der Waals surface area (Å²) < 4.78 is 34.9. The van der Waals surface area contributed by atoms with Crippen LogP contribution in [0.1, 0.15) is 96.8 Å². The molecule has 0 aromatic carbocycles. The lowest BCUT2D eigenvalue weighted by atomic mass is 10.0. The van der Waals surface area contributed by atoms with Crippen molar-refractivity contribution in [3.8, 4) is 0 Å². The highest BCUT2D eigenvalue weighted by Gasteiger charge is 2.12. The average Bonchev–Trinajstić information content (AvgIpc) is 2.53. The van der Waals surface area contributed by atoms with E-state index in [9.17, 15) is 0 Å². The van der Waals surface area contributed by atoms with Crippen LogP contribution in [-0.4, -0.2) is 43.4 Å². The predicted molar refractivity (Wildman–Crippen MR) is 99.2 cm³/mol. The van der Waals surface area contributed by atoms with Crippen molar-refractivity contribution in [2.24, 2.45) is 0 Å². The first-order valence-electron chi connectivity index (χ1n) is 10.7. The summed E-state index contributed by atoms with van der Waals surface area (Å²) >= 11 is 0. The summed E-state index contributed by atoms with van der Waals surface area (Å²) in [7, 11) is -0.503. The Hall–Kier alpha value is 0.0500. The van der Waals surface area contributed by atoms with Gasteiger partial charge >= 0.3 is 0 Å². The Kier molecular flexibility index (Phi) is 21.0. The number of likely N-dealkylation sites (N-methyl/N-ethyl adjacent to an activating group) is 1. The summed E-state index contributed by atoms with van der Waals surface area (Å²) in [6.07, 6.45) is 19.9. The predicted octanol–water partition coefficient (Wildman–Crippen LogP) is 0.780. The smallest absolute Gasteiger partial charge is 0.102 e. The van der Waals surface area contributed by atoms with Crippen molar-refractivity contribution in [3.05, 3.63) is 0 Å². The van der Waals surface area contributed by atoms with Gasteiger partial charge in [0.05, 0.1) is 27.2 Å². The van der Waals surface area contributed by atoms with Crippen LogP contribution in [0.5, 0.6) is 0 Å². The SMILES string of the molecule is CCCCCCCCCCCCCCCC[N+](C)(C)CCO.[O-][Cl+3]([O-])([O-])[O-]. The van der Waals surface area contributed by atoms with E-state index in [-0.39, 0.29) is 0 Å². The standard InChI is InChI=1S/C20H44NO.ClHO4/c1-4-5-6-7-8-9-10-11-12-13-14-15-16-17-18-21(2,3)19-20-22;2-1(3,4)5/h22H,4-20H2,1-3H3;(H,2,3,4,5)/q+1;/p-1. The summed E-state index contributed by atoms with van der Waals surface area (Å²) in [4.78, 5) is 0. The molecule has 166 valence electrons. The molecule has 0 spiro atoms. The van der Waals surface area contributed by atoms with E-state index in [1.165, 1.54) is 96.4 Å². The van der Waals surface area contributed by atoms with E-state index in [1.807, 2.05) is 0 Å². The van der Waals surface area contributed by atoms with Crippen LogP contribution in [0.2, 0.25) is 0 Å². The monoisotopic (exact) mass is 413 g/mol. The highest BCUT2D eigenvalue weighted by molar-refractivity contribution is 4.49. The van der Waals surface area contributed by atoms with Gasteiger partial charge in [-0.1, -0.05) is 84.0 Å². The van der Waals surface area contributed by atoms with Gasteiger partial charge in [-0.15, -0.1) is 10.2 Å². The van der Waals surface area contributed by atoms with Gasteiger partial charge in [-0.25, -0.2) is 18.6 Å². The Morgan fingerprint density at radius 3 is 1.19 bits per heavy atom. The van der Waals surface area contributed by atoms with Crippen LogP contribution in [0, 0.1) is 10.2 Å². The summed E-state index contributed by atoms with van der Waals surface area (Å²) in [5.74, 6) is 0. The minimum Gasteiger partial charge on any atom is -0.391 e. The molecule has 0 saturated heterocycles. The number of nitrogens with zero attached hydrogens (tertiary/aromatic N) is 1. The van der Waals surface area contributed by atoms with Crippen molar-refractivity contribution < 1.29 is 38.5 Å². The Labute approximate surface area is 169 Å². The average molecular weight is 414 g/mol. The van der Waals surface area contributed by atoms with E-state index in [1.54, 1.807) is 0 Å². The summed E-state index contributed by atoms with van der Waals surface area (Å²) in [5.41, 5.74) is 0. The normalized spacial score (nSPS) is 12.0. The maximum atomic E-state index is 9.00. The summed E-state index contributed by atoms with van der Waals surface area (Å²) in [6.45, 7) is 4.69.